The van der Waals surface area contributed by atoms with Crippen LogP contribution in [0.15, 0.2) is 12.7 Å². The second-order valence-electron chi connectivity index (χ2n) is 2.06. The van der Waals surface area contributed by atoms with E-state index in [1.54, 1.807) is 0 Å². The normalized spacial score (nSPS) is 10.8. The zero-order valence-corrected chi connectivity index (χ0v) is 8.44. The van der Waals surface area contributed by atoms with Crippen molar-refractivity contribution in [2.24, 2.45) is 0 Å². The second-order valence-corrected chi connectivity index (χ2v) is 2.79. The molecule has 0 aliphatic rings. The molecule has 0 aromatic rings. The van der Waals surface area contributed by atoms with Crippen molar-refractivity contribution >= 4 is 14.2 Å². The van der Waals surface area contributed by atoms with Gasteiger partial charge in [-0.15, -0.1) is 9.42 Å². The van der Waals surface area contributed by atoms with Gasteiger partial charge in [0, 0.05) is 10.6 Å². The van der Waals surface area contributed by atoms with Gasteiger partial charge in [-0.25, -0.2) is 4.79 Å². The second kappa shape index (κ2) is 8.77. The van der Waals surface area contributed by atoms with Crippen LogP contribution in [0.4, 0.5) is 0 Å². The van der Waals surface area contributed by atoms with Gasteiger partial charge in [-0.1, -0.05) is 6.58 Å². The fourth-order valence-corrected chi connectivity index (χ4v) is 0.767. The van der Waals surface area contributed by atoms with Crippen molar-refractivity contribution in [1.82, 2.24) is 0 Å². The summed E-state index contributed by atoms with van der Waals surface area (Å²) in [5.41, 5.74) is 0. The molecule has 0 saturated heterocycles. The predicted octanol–water partition coefficient (Wildman–Crippen LogP) is 0.398. The van der Waals surface area contributed by atoms with Crippen molar-refractivity contribution in [2.45, 2.75) is 0 Å². The van der Waals surface area contributed by atoms with Crippen LogP contribution in [0.25, 0.3) is 0 Å². The first kappa shape index (κ1) is 13.2. The predicted molar refractivity (Wildman–Crippen MR) is 47.8 cm³/mol. The molecule has 0 aromatic carbocycles. The van der Waals surface area contributed by atoms with Crippen LogP contribution in [0, 0.1) is 0 Å². The number of carbonyl (C=O) groups is 1. The van der Waals surface area contributed by atoms with E-state index in [9.17, 15) is 9.36 Å². The molecule has 0 saturated carbocycles. The maximum absolute atomic E-state index is 10.5. The van der Waals surface area contributed by atoms with Crippen molar-refractivity contribution < 1.29 is 28.3 Å². The van der Waals surface area contributed by atoms with Gasteiger partial charge in [0.2, 0.25) is 0 Å². The third kappa shape index (κ3) is 9.28. The highest BCUT2D eigenvalue weighted by Crippen LogP contribution is 2.12. The molecule has 0 radical (unpaired) electrons. The Hall–Kier alpha value is -0.810. The molecule has 14 heavy (non-hydrogen) atoms. The van der Waals surface area contributed by atoms with Crippen molar-refractivity contribution in [2.75, 3.05) is 26.4 Å². The van der Waals surface area contributed by atoms with Crippen LogP contribution in [-0.4, -0.2) is 37.3 Å². The van der Waals surface area contributed by atoms with E-state index in [2.05, 4.69) is 15.8 Å². The van der Waals surface area contributed by atoms with Gasteiger partial charge in [0.1, 0.15) is 13.2 Å². The summed E-state index contributed by atoms with van der Waals surface area (Å²) in [6.45, 7) is 3.75. The maximum Gasteiger partial charge on any atom is 0.694 e. The lowest BCUT2D eigenvalue weighted by Crippen LogP contribution is -2.10. The molecule has 80 valence electrons. The van der Waals surface area contributed by atoms with E-state index in [0.717, 1.165) is 6.08 Å². The summed E-state index contributed by atoms with van der Waals surface area (Å²) < 4.78 is 23.8. The van der Waals surface area contributed by atoms with Crippen LogP contribution < -0.4 is 0 Å². The minimum Gasteiger partial charge on any atom is -0.460 e. The van der Waals surface area contributed by atoms with E-state index in [1.165, 1.54) is 0 Å². The number of ether oxygens (including phenoxy) is 2. The van der Waals surface area contributed by atoms with E-state index >= 15 is 0 Å². The Morgan fingerprint density at radius 2 is 2.00 bits per heavy atom. The van der Waals surface area contributed by atoms with Crippen LogP contribution in [0.5, 0.6) is 0 Å². The third-order valence-corrected chi connectivity index (χ3v) is 1.47. The summed E-state index contributed by atoms with van der Waals surface area (Å²) in [5, 5.41) is 0. The summed E-state index contributed by atoms with van der Waals surface area (Å²) in [6, 6.07) is 0. The average Bonchev–Trinajstić information content (AvgIpc) is 2.15. The monoisotopic (exact) mass is 223 g/mol. The highest BCUT2D eigenvalue weighted by atomic mass is 31.1. The standard InChI is InChI=1S/C7H11O6P/c1-2-7(8)12-5-3-11-4-6-13-14(9)10/h2H,1,3-6H2/p+1. The lowest BCUT2D eigenvalue weighted by Gasteiger charge is -2.01. The Labute approximate surface area is 82.4 Å². The molecule has 1 atom stereocenters. The number of esters is 1. The van der Waals surface area contributed by atoms with E-state index < -0.39 is 14.2 Å². The van der Waals surface area contributed by atoms with Crippen molar-refractivity contribution in [3.05, 3.63) is 12.7 Å². The molecular formula is C7H12O6P+. The van der Waals surface area contributed by atoms with Crippen LogP contribution in [0.2, 0.25) is 0 Å². The smallest absolute Gasteiger partial charge is 0.460 e. The largest absolute Gasteiger partial charge is 0.694 e. The molecule has 0 bridgehead atoms. The zero-order valence-electron chi connectivity index (χ0n) is 7.55. The molecule has 0 rings (SSSR count). The van der Waals surface area contributed by atoms with Gasteiger partial charge < -0.3 is 9.47 Å². The lowest BCUT2D eigenvalue weighted by molar-refractivity contribution is -0.139. The Kier molecular flexibility index (Phi) is 8.27. The van der Waals surface area contributed by atoms with Crippen LogP contribution in [0.1, 0.15) is 0 Å². The van der Waals surface area contributed by atoms with Crippen LogP contribution in [-0.2, 0) is 23.4 Å². The summed E-state index contributed by atoms with van der Waals surface area (Å²) in [4.78, 5) is 18.7. The molecular weight excluding hydrogens is 211 g/mol. The highest BCUT2D eigenvalue weighted by molar-refractivity contribution is 7.32. The first-order chi connectivity index (χ1) is 6.66. The van der Waals surface area contributed by atoms with Gasteiger partial charge in [-0.3, -0.25) is 0 Å². The van der Waals surface area contributed by atoms with E-state index in [4.69, 9.17) is 9.63 Å². The molecule has 1 N–H and O–H groups in total. The van der Waals surface area contributed by atoms with Crippen LogP contribution >= 0.6 is 8.25 Å². The zero-order chi connectivity index (χ0) is 10.8. The van der Waals surface area contributed by atoms with Gasteiger partial charge in [-0.05, 0) is 0 Å². The SMILES string of the molecule is C=CC(=O)OCCOCCO[P+](=O)O. The summed E-state index contributed by atoms with van der Waals surface area (Å²) in [6.07, 6.45) is 1.06. The van der Waals surface area contributed by atoms with Gasteiger partial charge in [0.25, 0.3) is 0 Å². The van der Waals surface area contributed by atoms with Gasteiger partial charge in [0.05, 0.1) is 13.2 Å². The summed E-state index contributed by atoms with van der Waals surface area (Å²) >= 11 is 0. The minimum absolute atomic E-state index is 0.0289. The van der Waals surface area contributed by atoms with Gasteiger partial charge in [-0.2, -0.15) is 0 Å². The number of hydrogen-bond acceptors (Lipinski definition) is 5. The fraction of sp³-hybridized carbons (Fsp3) is 0.571. The maximum atomic E-state index is 10.5. The van der Waals surface area contributed by atoms with E-state index in [-0.39, 0.29) is 26.4 Å². The molecule has 0 spiro atoms. The Morgan fingerprint density at radius 1 is 1.36 bits per heavy atom. The summed E-state index contributed by atoms with van der Waals surface area (Å²) in [7, 11) is -2.57. The van der Waals surface area contributed by atoms with Crippen molar-refractivity contribution in [3.63, 3.8) is 0 Å². The Balaban J connectivity index is 3.10. The van der Waals surface area contributed by atoms with E-state index in [0.29, 0.717) is 0 Å². The average molecular weight is 223 g/mol. The molecule has 7 heteroatoms. The van der Waals surface area contributed by atoms with Gasteiger partial charge >= 0.3 is 14.2 Å². The van der Waals surface area contributed by atoms with Crippen LogP contribution in [0.3, 0.4) is 0 Å². The highest BCUT2D eigenvalue weighted by Gasteiger charge is 2.10. The lowest BCUT2D eigenvalue weighted by atomic mass is 10.6. The molecule has 0 aliphatic carbocycles. The molecule has 0 heterocycles. The Bertz CT molecular complexity index is 204. The molecule has 0 amide bonds. The number of rotatable bonds is 8. The van der Waals surface area contributed by atoms with Crippen molar-refractivity contribution in [1.29, 1.82) is 0 Å². The van der Waals surface area contributed by atoms with Gasteiger partial charge in [0.15, 0.2) is 0 Å². The first-order valence-electron chi connectivity index (χ1n) is 3.83. The molecule has 1 unspecified atom stereocenters. The quantitative estimate of drug-likeness (QED) is 0.277. The molecule has 0 aromatic heterocycles. The summed E-state index contributed by atoms with van der Waals surface area (Å²) in [5.74, 6) is -0.511. The number of hydrogen-bond donors (Lipinski definition) is 1. The topological polar surface area (TPSA) is 82.1 Å². The fourth-order valence-electron chi connectivity index (χ4n) is 0.536. The molecule has 0 fully saturated rings. The molecule has 6 nitrogen and oxygen atoms in total. The Morgan fingerprint density at radius 3 is 2.57 bits per heavy atom. The molecule has 0 aliphatic heterocycles. The number of carbonyl (C=O) groups excluding carboxylic acids is 1. The first-order valence-corrected chi connectivity index (χ1v) is 4.96. The van der Waals surface area contributed by atoms with Crippen molar-refractivity contribution in [3.8, 4) is 0 Å². The van der Waals surface area contributed by atoms with E-state index in [1.807, 2.05) is 0 Å². The minimum atomic E-state index is -2.57. The third-order valence-electron chi connectivity index (χ3n) is 1.07.